The molecule has 5 heteroatoms. The SMILES string of the molecule is Cc1ccc(-c2ncc3[nH]cnc3n2)c(C)n1. The molecule has 0 radical (unpaired) electrons. The van der Waals surface area contributed by atoms with E-state index in [1.165, 1.54) is 0 Å². The summed E-state index contributed by atoms with van der Waals surface area (Å²) in [5.74, 6) is 0.662. The number of nitrogens with zero attached hydrogens (tertiary/aromatic N) is 4. The van der Waals surface area contributed by atoms with Crippen LogP contribution in [-0.2, 0) is 0 Å². The van der Waals surface area contributed by atoms with Crippen molar-refractivity contribution in [2.75, 3.05) is 0 Å². The van der Waals surface area contributed by atoms with Gasteiger partial charge in [0, 0.05) is 17.0 Å². The molecule has 3 aromatic rings. The van der Waals surface area contributed by atoms with E-state index in [1.54, 1.807) is 12.5 Å². The Balaban J connectivity index is 2.19. The third-order valence-corrected chi connectivity index (χ3v) is 2.64. The lowest BCUT2D eigenvalue weighted by Gasteiger charge is -2.04. The van der Waals surface area contributed by atoms with Gasteiger partial charge in [0.05, 0.1) is 12.5 Å². The Morgan fingerprint density at radius 3 is 2.76 bits per heavy atom. The van der Waals surface area contributed by atoms with Crippen molar-refractivity contribution >= 4 is 11.2 Å². The standard InChI is InChI=1S/C12H11N5/c1-7-3-4-9(8(2)16-7)11-13-5-10-12(17-11)15-6-14-10/h3-6H,1-2H3,(H,13,14,15,17). The highest BCUT2D eigenvalue weighted by molar-refractivity contribution is 5.72. The molecule has 0 saturated heterocycles. The van der Waals surface area contributed by atoms with E-state index in [-0.39, 0.29) is 0 Å². The van der Waals surface area contributed by atoms with Crippen LogP contribution in [0.15, 0.2) is 24.7 Å². The molecule has 3 aromatic heterocycles. The summed E-state index contributed by atoms with van der Waals surface area (Å²) in [4.78, 5) is 20.2. The number of fused-ring (bicyclic) bond motifs is 1. The number of imidazole rings is 1. The molecule has 0 aromatic carbocycles. The minimum atomic E-state index is 0.662. The summed E-state index contributed by atoms with van der Waals surface area (Å²) in [6, 6.07) is 3.95. The van der Waals surface area contributed by atoms with Gasteiger partial charge in [0.1, 0.15) is 5.52 Å². The molecule has 1 N–H and O–H groups in total. The van der Waals surface area contributed by atoms with Crippen LogP contribution in [0.2, 0.25) is 0 Å². The summed E-state index contributed by atoms with van der Waals surface area (Å²) in [6.45, 7) is 3.93. The third-order valence-electron chi connectivity index (χ3n) is 2.64. The highest BCUT2D eigenvalue weighted by Crippen LogP contribution is 2.19. The molecule has 0 bridgehead atoms. The maximum atomic E-state index is 4.41. The molecular weight excluding hydrogens is 214 g/mol. The fourth-order valence-electron chi connectivity index (χ4n) is 1.79. The zero-order chi connectivity index (χ0) is 11.8. The van der Waals surface area contributed by atoms with Crippen LogP contribution in [0, 0.1) is 13.8 Å². The average Bonchev–Trinajstić information content (AvgIpc) is 2.75. The zero-order valence-corrected chi connectivity index (χ0v) is 9.60. The lowest BCUT2D eigenvalue weighted by Crippen LogP contribution is -1.95. The number of hydrogen-bond donors (Lipinski definition) is 1. The molecule has 17 heavy (non-hydrogen) atoms. The molecule has 0 spiro atoms. The van der Waals surface area contributed by atoms with E-state index in [0.717, 1.165) is 22.5 Å². The molecule has 3 heterocycles. The van der Waals surface area contributed by atoms with Crippen molar-refractivity contribution in [3.05, 3.63) is 36.0 Å². The van der Waals surface area contributed by atoms with E-state index in [0.29, 0.717) is 11.5 Å². The van der Waals surface area contributed by atoms with Crippen molar-refractivity contribution < 1.29 is 0 Å². The van der Waals surface area contributed by atoms with Crippen molar-refractivity contribution in [2.24, 2.45) is 0 Å². The largest absolute Gasteiger partial charge is 0.342 e. The third kappa shape index (κ3) is 1.65. The molecule has 0 aliphatic carbocycles. The quantitative estimate of drug-likeness (QED) is 0.688. The summed E-state index contributed by atoms with van der Waals surface area (Å²) >= 11 is 0. The summed E-state index contributed by atoms with van der Waals surface area (Å²) in [7, 11) is 0. The van der Waals surface area contributed by atoms with Gasteiger partial charge in [-0.2, -0.15) is 0 Å². The van der Waals surface area contributed by atoms with Crippen LogP contribution in [0.4, 0.5) is 0 Å². The molecule has 0 fully saturated rings. The fraction of sp³-hybridized carbons (Fsp3) is 0.167. The highest BCUT2D eigenvalue weighted by Gasteiger charge is 2.08. The number of pyridine rings is 1. The van der Waals surface area contributed by atoms with Gasteiger partial charge in [-0.3, -0.25) is 4.98 Å². The zero-order valence-electron chi connectivity index (χ0n) is 9.60. The maximum Gasteiger partial charge on any atom is 0.181 e. The van der Waals surface area contributed by atoms with Gasteiger partial charge in [-0.15, -0.1) is 0 Å². The Morgan fingerprint density at radius 2 is 1.94 bits per heavy atom. The van der Waals surface area contributed by atoms with E-state index in [1.807, 2.05) is 26.0 Å². The molecule has 0 atom stereocenters. The molecule has 0 aliphatic rings. The summed E-state index contributed by atoms with van der Waals surface area (Å²) in [5, 5.41) is 0. The molecular formula is C12H11N5. The van der Waals surface area contributed by atoms with Gasteiger partial charge >= 0.3 is 0 Å². The van der Waals surface area contributed by atoms with Crippen molar-refractivity contribution in [3.8, 4) is 11.4 Å². The minimum Gasteiger partial charge on any atom is -0.342 e. The second kappa shape index (κ2) is 3.62. The molecule has 3 rings (SSSR count). The van der Waals surface area contributed by atoms with E-state index in [9.17, 15) is 0 Å². The van der Waals surface area contributed by atoms with Crippen LogP contribution in [0.25, 0.3) is 22.6 Å². The number of nitrogens with one attached hydrogen (secondary N) is 1. The Labute approximate surface area is 98.0 Å². The topological polar surface area (TPSA) is 67.3 Å². The number of aryl methyl sites for hydroxylation is 2. The van der Waals surface area contributed by atoms with Gasteiger partial charge < -0.3 is 4.98 Å². The minimum absolute atomic E-state index is 0.662. The number of hydrogen-bond acceptors (Lipinski definition) is 4. The first-order valence-electron chi connectivity index (χ1n) is 5.35. The molecule has 0 aliphatic heterocycles. The Morgan fingerprint density at radius 1 is 1.06 bits per heavy atom. The van der Waals surface area contributed by atoms with Crippen molar-refractivity contribution in [1.29, 1.82) is 0 Å². The van der Waals surface area contributed by atoms with E-state index in [2.05, 4.69) is 24.9 Å². The molecule has 0 amide bonds. The first-order chi connectivity index (χ1) is 8.24. The van der Waals surface area contributed by atoms with Gasteiger partial charge in [-0.25, -0.2) is 15.0 Å². The van der Waals surface area contributed by atoms with Gasteiger partial charge in [0.2, 0.25) is 0 Å². The van der Waals surface area contributed by atoms with Crippen LogP contribution >= 0.6 is 0 Å². The van der Waals surface area contributed by atoms with Gasteiger partial charge in [-0.05, 0) is 26.0 Å². The molecule has 0 saturated carbocycles. The van der Waals surface area contributed by atoms with Crippen molar-refractivity contribution in [3.63, 3.8) is 0 Å². The van der Waals surface area contributed by atoms with Gasteiger partial charge in [0.15, 0.2) is 11.5 Å². The Bertz CT molecular complexity index is 686. The van der Waals surface area contributed by atoms with Crippen LogP contribution in [0.1, 0.15) is 11.4 Å². The summed E-state index contributed by atoms with van der Waals surface area (Å²) < 4.78 is 0. The Kier molecular flexibility index (Phi) is 2.11. The summed E-state index contributed by atoms with van der Waals surface area (Å²) in [6.07, 6.45) is 3.35. The van der Waals surface area contributed by atoms with Crippen LogP contribution < -0.4 is 0 Å². The number of H-pyrrole nitrogens is 1. The predicted octanol–water partition coefficient (Wildman–Crippen LogP) is 2.03. The lowest BCUT2D eigenvalue weighted by molar-refractivity contribution is 1.10. The average molecular weight is 225 g/mol. The van der Waals surface area contributed by atoms with E-state index < -0.39 is 0 Å². The van der Waals surface area contributed by atoms with E-state index in [4.69, 9.17) is 0 Å². The first kappa shape index (κ1) is 9.89. The summed E-state index contributed by atoms with van der Waals surface area (Å²) in [5.41, 5.74) is 4.38. The smallest absolute Gasteiger partial charge is 0.181 e. The van der Waals surface area contributed by atoms with Crippen molar-refractivity contribution in [2.45, 2.75) is 13.8 Å². The number of rotatable bonds is 1. The molecule has 5 nitrogen and oxygen atoms in total. The van der Waals surface area contributed by atoms with Crippen molar-refractivity contribution in [1.82, 2.24) is 24.9 Å². The van der Waals surface area contributed by atoms with Crippen LogP contribution in [0.3, 0.4) is 0 Å². The second-order valence-electron chi connectivity index (χ2n) is 3.92. The number of aromatic amines is 1. The molecule has 0 unspecified atom stereocenters. The van der Waals surface area contributed by atoms with Crippen LogP contribution in [-0.4, -0.2) is 24.9 Å². The fourth-order valence-corrected chi connectivity index (χ4v) is 1.79. The molecule has 84 valence electrons. The van der Waals surface area contributed by atoms with Gasteiger partial charge in [0.25, 0.3) is 0 Å². The highest BCUT2D eigenvalue weighted by atomic mass is 15.0. The Hall–Kier alpha value is -2.30. The van der Waals surface area contributed by atoms with Crippen LogP contribution in [0.5, 0.6) is 0 Å². The predicted molar refractivity (Wildman–Crippen MR) is 64.4 cm³/mol. The monoisotopic (exact) mass is 225 g/mol. The lowest BCUT2D eigenvalue weighted by atomic mass is 10.2. The number of aromatic nitrogens is 5. The van der Waals surface area contributed by atoms with Gasteiger partial charge in [-0.1, -0.05) is 0 Å². The first-order valence-corrected chi connectivity index (χ1v) is 5.35. The normalized spacial score (nSPS) is 10.9. The maximum absolute atomic E-state index is 4.41. The van der Waals surface area contributed by atoms with E-state index >= 15 is 0 Å². The second-order valence-corrected chi connectivity index (χ2v) is 3.92.